The molecule has 1 saturated carbocycles. The van der Waals surface area contributed by atoms with Crippen molar-refractivity contribution in [3.63, 3.8) is 0 Å². The molecule has 8 heteroatoms. The first-order valence-corrected chi connectivity index (χ1v) is 7.98. The molecule has 3 aromatic rings. The Morgan fingerprint density at radius 3 is 2.96 bits per heavy atom. The van der Waals surface area contributed by atoms with E-state index in [9.17, 15) is 4.79 Å². The van der Waals surface area contributed by atoms with Gasteiger partial charge in [0.05, 0.1) is 25.0 Å². The SMILES string of the molecule is [B]c1cc(C2CC2)cn2cc(Cn3cc(C(=O)OCC)nn3)nc12. The Labute approximate surface area is 140 Å². The third-order valence-electron chi connectivity index (χ3n) is 4.05. The molecule has 3 heterocycles. The van der Waals surface area contributed by atoms with Crippen LogP contribution in [0.15, 0.2) is 24.7 Å². The van der Waals surface area contributed by atoms with Gasteiger partial charge in [0, 0.05) is 12.4 Å². The molecule has 1 fully saturated rings. The molecular weight excluding hydrogens is 305 g/mol. The Morgan fingerprint density at radius 2 is 2.21 bits per heavy atom. The van der Waals surface area contributed by atoms with E-state index in [-0.39, 0.29) is 5.69 Å². The van der Waals surface area contributed by atoms with Crippen molar-refractivity contribution in [1.82, 2.24) is 24.4 Å². The number of hydrogen-bond acceptors (Lipinski definition) is 5. The number of ether oxygens (including phenoxy) is 1. The van der Waals surface area contributed by atoms with E-state index >= 15 is 0 Å². The molecule has 0 aliphatic heterocycles. The number of fused-ring (bicyclic) bond motifs is 1. The molecule has 0 atom stereocenters. The number of imidazole rings is 1. The fourth-order valence-electron chi connectivity index (χ4n) is 2.75. The summed E-state index contributed by atoms with van der Waals surface area (Å²) in [5, 5.41) is 7.78. The minimum Gasteiger partial charge on any atom is -0.461 e. The average molecular weight is 321 g/mol. The number of nitrogens with zero attached hydrogens (tertiary/aromatic N) is 5. The molecule has 0 saturated heterocycles. The number of rotatable bonds is 5. The molecule has 0 bridgehead atoms. The van der Waals surface area contributed by atoms with Crippen LogP contribution in [0.2, 0.25) is 0 Å². The normalized spacial score (nSPS) is 14.2. The highest BCUT2D eigenvalue weighted by molar-refractivity contribution is 6.36. The van der Waals surface area contributed by atoms with Gasteiger partial charge in [-0.3, -0.25) is 0 Å². The van der Waals surface area contributed by atoms with Gasteiger partial charge in [-0.05, 0) is 31.2 Å². The van der Waals surface area contributed by atoms with Crippen molar-refractivity contribution >= 4 is 24.9 Å². The third-order valence-corrected chi connectivity index (χ3v) is 4.05. The predicted octanol–water partition coefficient (Wildman–Crippen LogP) is 0.822. The van der Waals surface area contributed by atoms with E-state index in [0.717, 1.165) is 11.3 Å². The van der Waals surface area contributed by atoms with Crippen LogP contribution >= 0.6 is 0 Å². The highest BCUT2D eigenvalue weighted by Gasteiger charge is 2.24. The van der Waals surface area contributed by atoms with Crippen molar-refractivity contribution < 1.29 is 9.53 Å². The van der Waals surface area contributed by atoms with Gasteiger partial charge in [-0.15, -0.1) is 5.10 Å². The predicted molar refractivity (Wildman–Crippen MR) is 87.6 cm³/mol. The van der Waals surface area contributed by atoms with Gasteiger partial charge in [0.2, 0.25) is 0 Å². The standard InChI is InChI=1S/C16H16BN5O2/c1-2-24-16(23)14-9-22(20-19-14)8-12-7-21-6-11(10-3-4-10)5-13(17)15(21)18-12/h5-7,9-10H,2-4,8H2,1H3. The molecule has 0 N–H and O–H groups in total. The van der Waals surface area contributed by atoms with Gasteiger partial charge in [0.25, 0.3) is 0 Å². The molecule has 7 nitrogen and oxygen atoms in total. The smallest absolute Gasteiger partial charge is 0.360 e. The maximum absolute atomic E-state index is 11.6. The molecule has 2 radical (unpaired) electrons. The van der Waals surface area contributed by atoms with Crippen LogP contribution in [-0.4, -0.2) is 44.8 Å². The van der Waals surface area contributed by atoms with Crippen molar-refractivity contribution in [1.29, 1.82) is 0 Å². The molecule has 24 heavy (non-hydrogen) atoms. The fourth-order valence-corrected chi connectivity index (χ4v) is 2.75. The van der Waals surface area contributed by atoms with Crippen LogP contribution in [0.1, 0.15) is 47.4 Å². The zero-order chi connectivity index (χ0) is 16.7. The van der Waals surface area contributed by atoms with E-state index in [2.05, 4.69) is 21.5 Å². The molecule has 3 aromatic heterocycles. The lowest BCUT2D eigenvalue weighted by Gasteiger charge is -2.03. The quantitative estimate of drug-likeness (QED) is 0.514. The molecule has 0 aromatic carbocycles. The first kappa shape index (κ1) is 14.9. The van der Waals surface area contributed by atoms with Gasteiger partial charge < -0.3 is 9.14 Å². The van der Waals surface area contributed by atoms with E-state index in [4.69, 9.17) is 12.6 Å². The van der Waals surface area contributed by atoms with Crippen LogP contribution in [0.5, 0.6) is 0 Å². The summed E-state index contributed by atoms with van der Waals surface area (Å²) in [6, 6.07) is 2.01. The van der Waals surface area contributed by atoms with E-state index in [1.807, 2.05) is 16.7 Å². The summed E-state index contributed by atoms with van der Waals surface area (Å²) in [7, 11) is 6.13. The summed E-state index contributed by atoms with van der Waals surface area (Å²) in [4.78, 5) is 16.2. The summed E-state index contributed by atoms with van der Waals surface area (Å²) in [6.07, 6.45) is 8.03. The lowest BCUT2D eigenvalue weighted by atomic mass is 9.95. The highest BCUT2D eigenvalue weighted by Crippen LogP contribution is 2.39. The van der Waals surface area contributed by atoms with Crippen molar-refractivity contribution in [3.8, 4) is 0 Å². The third kappa shape index (κ3) is 2.79. The van der Waals surface area contributed by atoms with E-state index < -0.39 is 5.97 Å². The van der Waals surface area contributed by atoms with E-state index in [0.29, 0.717) is 24.5 Å². The Morgan fingerprint density at radius 1 is 1.38 bits per heavy atom. The molecule has 0 unspecified atom stereocenters. The molecule has 1 aliphatic carbocycles. The monoisotopic (exact) mass is 321 g/mol. The lowest BCUT2D eigenvalue weighted by molar-refractivity contribution is 0.0519. The van der Waals surface area contributed by atoms with Gasteiger partial charge in [-0.2, -0.15) is 0 Å². The van der Waals surface area contributed by atoms with Gasteiger partial charge in [0.15, 0.2) is 5.69 Å². The molecule has 0 amide bonds. The second kappa shape index (κ2) is 5.77. The van der Waals surface area contributed by atoms with Gasteiger partial charge >= 0.3 is 5.97 Å². The van der Waals surface area contributed by atoms with Crippen molar-refractivity contribution in [2.75, 3.05) is 6.61 Å². The maximum Gasteiger partial charge on any atom is 0.360 e. The minimum atomic E-state index is -0.475. The number of aromatic nitrogens is 5. The number of carbonyl (C=O) groups is 1. The Bertz CT molecular complexity index is 912. The van der Waals surface area contributed by atoms with E-state index in [1.165, 1.54) is 18.4 Å². The fraction of sp³-hybridized carbons (Fsp3) is 0.375. The number of carbonyl (C=O) groups excluding carboxylic acids is 1. The van der Waals surface area contributed by atoms with Crippen LogP contribution in [0.3, 0.4) is 0 Å². The summed E-state index contributed by atoms with van der Waals surface area (Å²) in [5.41, 5.74) is 3.66. The summed E-state index contributed by atoms with van der Waals surface area (Å²) < 4.78 is 8.43. The lowest BCUT2D eigenvalue weighted by Crippen LogP contribution is -2.09. The molecule has 4 rings (SSSR count). The Hall–Kier alpha value is -2.64. The number of hydrogen-bond donors (Lipinski definition) is 0. The maximum atomic E-state index is 11.6. The van der Waals surface area contributed by atoms with Gasteiger partial charge in [-0.1, -0.05) is 16.7 Å². The second-order valence-corrected chi connectivity index (χ2v) is 5.99. The highest BCUT2D eigenvalue weighted by atomic mass is 16.5. The van der Waals surface area contributed by atoms with Crippen LogP contribution < -0.4 is 5.46 Å². The zero-order valence-corrected chi connectivity index (χ0v) is 13.3. The summed E-state index contributed by atoms with van der Waals surface area (Å²) >= 11 is 0. The Balaban J connectivity index is 1.58. The molecular formula is C16H16BN5O2. The van der Waals surface area contributed by atoms with E-state index in [1.54, 1.807) is 17.8 Å². The van der Waals surface area contributed by atoms with Crippen LogP contribution in [0, 0.1) is 0 Å². The average Bonchev–Trinajstić information content (AvgIpc) is 3.16. The number of pyridine rings is 1. The summed E-state index contributed by atoms with van der Waals surface area (Å²) in [5.74, 6) is 0.155. The first-order chi connectivity index (χ1) is 11.6. The minimum absolute atomic E-state index is 0.191. The zero-order valence-electron chi connectivity index (χ0n) is 13.3. The Kier molecular flexibility index (Phi) is 3.59. The first-order valence-electron chi connectivity index (χ1n) is 7.98. The van der Waals surface area contributed by atoms with Gasteiger partial charge in [0.1, 0.15) is 13.5 Å². The van der Waals surface area contributed by atoms with Crippen LogP contribution in [0.25, 0.3) is 5.65 Å². The van der Waals surface area contributed by atoms with Crippen LogP contribution in [0.4, 0.5) is 0 Å². The largest absolute Gasteiger partial charge is 0.461 e. The van der Waals surface area contributed by atoms with Gasteiger partial charge in [-0.25, -0.2) is 14.5 Å². The van der Waals surface area contributed by atoms with Crippen molar-refractivity contribution in [3.05, 3.63) is 41.6 Å². The topological polar surface area (TPSA) is 74.3 Å². The summed E-state index contributed by atoms with van der Waals surface area (Å²) in [6.45, 7) is 2.46. The molecule has 120 valence electrons. The number of esters is 1. The molecule has 0 spiro atoms. The van der Waals surface area contributed by atoms with Crippen LogP contribution in [-0.2, 0) is 11.3 Å². The molecule has 1 aliphatic rings. The second-order valence-electron chi connectivity index (χ2n) is 5.99. The van der Waals surface area contributed by atoms with Crippen molar-refractivity contribution in [2.45, 2.75) is 32.2 Å². The van der Waals surface area contributed by atoms with Crippen molar-refractivity contribution in [2.24, 2.45) is 0 Å².